The Labute approximate surface area is 134 Å². The molecule has 22 heavy (non-hydrogen) atoms. The molecule has 0 unspecified atom stereocenters. The van der Waals surface area contributed by atoms with Crippen molar-refractivity contribution in [3.63, 3.8) is 0 Å². The molecule has 0 aromatic heterocycles. The first-order valence-electron chi connectivity index (χ1n) is 8.95. The quantitative estimate of drug-likeness (QED) is 0.695. The van der Waals surface area contributed by atoms with E-state index in [0.717, 1.165) is 52.4 Å². The van der Waals surface area contributed by atoms with Crippen molar-refractivity contribution in [2.24, 2.45) is 5.92 Å². The Kier molecular flexibility index (Phi) is 8.20. The lowest BCUT2D eigenvalue weighted by molar-refractivity contribution is -0.125. The number of hydrogen-bond donors (Lipinski definition) is 1. The average Bonchev–Trinajstić information content (AvgIpc) is 2.56. The van der Waals surface area contributed by atoms with Crippen LogP contribution >= 0.6 is 0 Å². The normalized spacial score (nSPS) is 22.4. The summed E-state index contributed by atoms with van der Waals surface area (Å²) in [4.78, 5) is 14.4. The summed E-state index contributed by atoms with van der Waals surface area (Å²) in [5.41, 5.74) is 0. The minimum absolute atomic E-state index is 0.0392. The Morgan fingerprint density at radius 1 is 1.27 bits per heavy atom. The maximum Gasteiger partial charge on any atom is 0.224 e. The summed E-state index contributed by atoms with van der Waals surface area (Å²) >= 11 is 0. The van der Waals surface area contributed by atoms with E-state index >= 15 is 0 Å². The summed E-state index contributed by atoms with van der Waals surface area (Å²) in [7, 11) is 0. The van der Waals surface area contributed by atoms with E-state index in [4.69, 9.17) is 9.47 Å². The monoisotopic (exact) mass is 312 g/mol. The Morgan fingerprint density at radius 2 is 2.00 bits per heavy atom. The molecule has 0 aromatic carbocycles. The third-order valence-electron chi connectivity index (χ3n) is 4.61. The molecule has 5 heteroatoms. The summed E-state index contributed by atoms with van der Waals surface area (Å²) in [6.07, 6.45) is 7.76. The third kappa shape index (κ3) is 6.63. The topological polar surface area (TPSA) is 50.8 Å². The van der Waals surface area contributed by atoms with Crippen LogP contribution in [0.1, 0.15) is 45.4 Å². The van der Waals surface area contributed by atoms with Gasteiger partial charge >= 0.3 is 0 Å². The number of ether oxygens (including phenoxy) is 2. The molecule has 2 fully saturated rings. The molecular formula is C17H32N2O3. The molecule has 128 valence electrons. The van der Waals surface area contributed by atoms with Crippen LogP contribution in [0.25, 0.3) is 0 Å². The van der Waals surface area contributed by atoms with Gasteiger partial charge in [0.05, 0.1) is 19.3 Å². The van der Waals surface area contributed by atoms with Gasteiger partial charge in [-0.15, -0.1) is 0 Å². The molecule has 2 rings (SSSR count). The molecule has 1 heterocycles. The summed E-state index contributed by atoms with van der Waals surface area (Å²) in [6, 6.07) is 0. The maximum atomic E-state index is 12.1. The highest BCUT2D eigenvalue weighted by atomic mass is 16.5. The van der Waals surface area contributed by atoms with Gasteiger partial charge in [-0.2, -0.15) is 0 Å². The third-order valence-corrected chi connectivity index (χ3v) is 4.61. The van der Waals surface area contributed by atoms with Gasteiger partial charge in [-0.1, -0.05) is 26.2 Å². The number of carbonyl (C=O) groups is 1. The Bertz CT molecular complexity index is 313. The highest BCUT2D eigenvalue weighted by Crippen LogP contribution is 2.20. The van der Waals surface area contributed by atoms with Gasteiger partial charge in [-0.05, 0) is 19.3 Å². The molecule has 1 aliphatic heterocycles. The molecule has 1 saturated carbocycles. The van der Waals surface area contributed by atoms with E-state index in [0.29, 0.717) is 6.10 Å². The highest BCUT2D eigenvalue weighted by molar-refractivity contribution is 5.78. The second-order valence-electron chi connectivity index (χ2n) is 6.59. The Morgan fingerprint density at radius 3 is 2.73 bits per heavy atom. The zero-order valence-corrected chi connectivity index (χ0v) is 14.0. The summed E-state index contributed by atoms with van der Waals surface area (Å²) in [6.45, 7) is 7.76. The number of hydrogen-bond acceptors (Lipinski definition) is 4. The fraction of sp³-hybridized carbons (Fsp3) is 0.941. The lowest BCUT2D eigenvalue weighted by atomic mass is 9.98. The second kappa shape index (κ2) is 10.2. The van der Waals surface area contributed by atoms with Gasteiger partial charge in [0, 0.05) is 38.7 Å². The van der Waals surface area contributed by atoms with Gasteiger partial charge in [0.15, 0.2) is 0 Å². The van der Waals surface area contributed by atoms with E-state index in [1.165, 1.54) is 32.1 Å². The van der Waals surface area contributed by atoms with Gasteiger partial charge in [0.2, 0.25) is 5.91 Å². The van der Waals surface area contributed by atoms with E-state index in [1.54, 1.807) is 0 Å². The fourth-order valence-electron chi connectivity index (χ4n) is 3.19. The predicted octanol–water partition coefficient (Wildman–Crippen LogP) is 1.81. The van der Waals surface area contributed by atoms with E-state index in [2.05, 4.69) is 10.2 Å². The van der Waals surface area contributed by atoms with Crippen LogP contribution in [0.4, 0.5) is 0 Å². The smallest absolute Gasteiger partial charge is 0.224 e. The zero-order valence-electron chi connectivity index (χ0n) is 14.0. The van der Waals surface area contributed by atoms with E-state index in [1.807, 2.05) is 6.92 Å². The molecule has 5 nitrogen and oxygen atoms in total. The fourth-order valence-corrected chi connectivity index (χ4v) is 3.19. The Balaban J connectivity index is 1.49. The molecule has 1 amide bonds. The van der Waals surface area contributed by atoms with Crippen LogP contribution in [-0.4, -0.2) is 62.9 Å². The minimum Gasteiger partial charge on any atom is -0.379 e. The first kappa shape index (κ1) is 17.7. The van der Waals surface area contributed by atoms with Gasteiger partial charge < -0.3 is 14.8 Å². The van der Waals surface area contributed by atoms with Crippen molar-refractivity contribution in [1.82, 2.24) is 10.2 Å². The largest absolute Gasteiger partial charge is 0.379 e. The lowest BCUT2D eigenvalue weighted by Crippen LogP contribution is -2.43. The van der Waals surface area contributed by atoms with Crippen molar-refractivity contribution >= 4 is 5.91 Å². The van der Waals surface area contributed by atoms with Gasteiger partial charge in [0.1, 0.15) is 0 Å². The molecule has 0 bridgehead atoms. The number of amides is 1. The number of nitrogens with one attached hydrogen (secondary N) is 1. The molecule has 1 atom stereocenters. The van der Waals surface area contributed by atoms with Crippen molar-refractivity contribution in [3.05, 3.63) is 0 Å². The van der Waals surface area contributed by atoms with Crippen LogP contribution in [0, 0.1) is 5.92 Å². The van der Waals surface area contributed by atoms with Crippen LogP contribution in [0.3, 0.4) is 0 Å². The standard InChI is InChI=1S/C17H32N2O3/c1-15(14-19-9-12-21-13-10-19)17(20)18-8-5-11-22-16-6-3-2-4-7-16/h15-16H,2-14H2,1H3,(H,18,20)/t15-/m0/s1. The molecule has 1 aliphatic carbocycles. The number of nitrogens with zero attached hydrogens (tertiary/aromatic N) is 1. The number of carbonyl (C=O) groups excluding carboxylic acids is 1. The van der Waals surface area contributed by atoms with Gasteiger partial charge in [0.25, 0.3) is 0 Å². The van der Waals surface area contributed by atoms with Gasteiger partial charge in [-0.25, -0.2) is 0 Å². The summed E-state index contributed by atoms with van der Waals surface area (Å²) in [5.74, 6) is 0.196. The molecule has 0 spiro atoms. The minimum atomic E-state index is 0.0392. The molecule has 2 aliphatic rings. The van der Waals surface area contributed by atoms with Crippen molar-refractivity contribution in [3.8, 4) is 0 Å². The van der Waals surface area contributed by atoms with Crippen molar-refractivity contribution in [2.45, 2.75) is 51.6 Å². The lowest BCUT2D eigenvalue weighted by Gasteiger charge is -2.28. The van der Waals surface area contributed by atoms with E-state index in [9.17, 15) is 4.79 Å². The van der Waals surface area contributed by atoms with Crippen LogP contribution < -0.4 is 5.32 Å². The maximum absolute atomic E-state index is 12.1. The highest BCUT2D eigenvalue weighted by Gasteiger charge is 2.18. The SMILES string of the molecule is C[C@@H](CN1CCOCC1)C(=O)NCCCOC1CCCCC1. The summed E-state index contributed by atoms with van der Waals surface area (Å²) in [5, 5.41) is 3.03. The van der Waals surface area contributed by atoms with Crippen molar-refractivity contribution in [1.29, 1.82) is 0 Å². The predicted molar refractivity (Wildman–Crippen MR) is 86.9 cm³/mol. The van der Waals surface area contributed by atoms with Crippen LogP contribution in [0.5, 0.6) is 0 Å². The van der Waals surface area contributed by atoms with Crippen molar-refractivity contribution in [2.75, 3.05) is 46.0 Å². The molecule has 1 saturated heterocycles. The second-order valence-corrected chi connectivity index (χ2v) is 6.59. The summed E-state index contributed by atoms with van der Waals surface area (Å²) < 4.78 is 11.2. The van der Waals surface area contributed by atoms with Crippen LogP contribution in [0.2, 0.25) is 0 Å². The number of morpholine rings is 1. The first-order chi connectivity index (χ1) is 10.8. The number of rotatable bonds is 8. The molecule has 0 aromatic rings. The van der Waals surface area contributed by atoms with Crippen LogP contribution in [0.15, 0.2) is 0 Å². The van der Waals surface area contributed by atoms with E-state index < -0.39 is 0 Å². The zero-order chi connectivity index (χ0) is 15.6. The molecule has 1 N–H and O–H groups in total. The molecular weight excluding hydrogens is 280 g/mol. The Hall–Kier alpha value is -0.650. The van der Waals surface area contributed by atoms with E-state index in [-0.39, 0.29) is 11.8 Å². The average molecular weight is 312 g/mol. The first-order valence-corrected chi connectivity index (χ1v) is 8.95. The molecule has 0 radical (unpaired) electrons. The van der Waals surface area contributed by atoms with Crippen molar-refractivity contribution < 1.29 is 14.3 Å². The van der Waals surface area contributed by atoms with Gasteiger partial charge in [-0.3, -0.25) is 9.69 Å². The van der Waals surface area contributed by atoms with Crippen LogP contribution in [-0.2, 0) is 14.3 Å².